The lowest BCUT2D eigenvalue weighted by molar-refractivity contribution is 0.898. The molecule has 2 fully saturated rings. The fourth-order valence-electron chi connectivity index (χ4n) is 0.713. The maximum Gasteiger partial charge on any atom is 0.0272 e. The lowest BCUT2D eigenvalue weighted by atomic mass is 10.5. The highest BCUT2D eigenvalue weighted by Crippen LogP contribution is 2.65. The molecular weight excluding hydrogens is 60.1 g/mol. The van der Waals surface area contributed by atoms with Crippen LogP contribution in [0, 0.1) is 5.41 Å². The zero-order valence-electron chi connectivity index (χ0n) is 4.20. The van der Waals surface area contributed by atoms with Crippen molar-refractivity contribution in [3.63, 3.8) is 0 Å². The molecule has 0 amide bonds. The summed E-state index contributed by atoms with van der Waals surface area (Å²) in [5, 5.41) is 0. The van der Waals surface area contributed by atoms with Crippen molar-refractivity contribution in [1.82, 2.24) is 0 Å². The summed E-state index contributed by atoms with van der Waals surface area (Å²) in [7, 11) is 0. The van der Waals surface area contributed by atoms with E-state index in [2.05, 4.69) is 0 Å². The first-order valence-electron chi connectivity index (χ1n) is 2.83. The summed E-state index contributed by atoms with van der Waals surface area (Å²) in [5.41, 5.74) is 0.625. The van der Waals surface area contributed by atoms with Crippen LogP contribution >= 0.6 is 0 Å². The molecule has 2 aliphatic rings. The molecule has 0 aliphatic heterocycles. The predicted octanol–water partition coefficient (Wildman–Crippen LogP) is 1.56. The molecule has 0 heterocycles. The van der Waals surface area contributed by atoms with E-state index in [4.69, 9.17) is 1.37 Å². The molecule has 0 aromatic heterocycles. The van der Waals surface area contributed by atoms with Gasteiger partial charge in [0.1, 0.15) is 0 Å². The van der Waals surface area contributed by atoms with Gasteiger partial charge >= 0.3 is 0 Å². The zero-order valence-corrected chi connectivity index (χ0v) is 3.20. The molecule has 5 heavy (non-hydrogen) atoms. The second kappa shape index (κ2) is 0.360. The first-order chi connectivity index (χ1) is 2.83. The number of rotatable bonds is 0. The van der Waals surface area contributed by atoms with Gasteiger partial charge in [0.2, 0.25) is 0 Å². The van der Waals surface area contributed by atoms with E-state index in [1.54, 1.807) is 0 Å². The smallest absolute Gasteiger partial charge is 0.0272 e. The van der Waals surface area contributed by atoms with Crippen LogP contribution in [0.25, 0.3) is 0 Å². The zero-order chi connectivity index (χ0) is 4.20. The lowest BCUT2D eigenvalue weighted by Gasteiger charge is -1.60. The first-order valence-corrected chi connectivity index (χ1v) is 2.26. The average Bonchev–Trinajstić information content (AvgIpc) is 2.25. The van der Waals surface area contributed by atoms with Crippen molar-refractivity contribution >= 4 is 0 Å². The monoisotopic (exact) mass is 69.1 g/mol. The van der Waals surface area contributed by atoms with Gasteiger partial charge in [0, 0.05) is 1.37 Å². The molecule has 0 saturated heterocycles. The molecule has 0 nitrogen and oxygen atoms in total. The Morgan fingerprint density at radius 1 is 1.40 bits per heavy atom. The Balaban J connectivity index is 2.17. The summed E-state index contributed by atoms with van der Waals surface area (Å²) in [5.74, 6) is 0. The Morgan fingerprint density at radius 2 is 2.00 bits per heavy atom. The second-order valence-corrected chi connectivity index (χ2v) is 2.27. The van der Waals surface area contributed by atoms with Gasteiger partial charge in [-0.3, -0.25) is 0 Å². The van der Waals surface area contributed by atoms with Crippen LogP contribution in [-0.2, 0) is 0 Å². The molecule has 0 aromatic rings. The van der Waals surface area contributed by atoms with E-state index in [9.17, 15) is 0 Å². The molecule has 1 unspecified atom stereocenters. The van der Waals surface area contributed by atoms with Gasteiger partial charge < -0.3 is 0 Å². The molecular formula is C5H8. The van der Waals surface area contributed by atoms with E-state index >= 15 is 0 Å². The normalized spacial score (nSPS) is 56.0. The Hall–Kier alpha value is 0. The molecule has 1 atom stereocenters. The fourth-order valence-corrected chi connectivity index (χ4v) is 0.713. The summed E-state index contributed by atoms with van der Waals surface area (Å²) < 4.78 is 7.16. The molecule has 2 aliphatic carbocycles. The highest BCUT2D eigenvalue weighted by molar-refractivity contribution is 5.04. The maximum absolute atomic E-state index is 7.16. The number of hydrogen-bond donors (Lipinski definition) is 0. The summed E-state index contributed by atoms with van der Waals surface area (Å²) in [6.45, 7) is 0. The van der Waals surface area contributed by atoms with Crippen molar-refractivity contribution in [1.29, 1.82) is 0 Å². The van der Waals surface area contributed by atoms with Gasteiger partial charge in [0.25, 0.3) is 0 Å². The third-order valence-electron chi connectivity index (χ3n) is 1.67. The van der Waals surface area contributed by atoms with Crippen LogP contribution in [0.15, 0.2) is 0 Å². The van der Waals surface area contributed by atoms with Crippen LogP contribution in [0.1, 0.15) is 27.0 Å². The number of hydrogen-bond acceptors (Lipinski definition) is 0. The van der Waals surface area contributed by atoms with E-state index in [1.807, 2.05) is 0 Å². The Kier molecular flexibility index (Phi) is 0.118. The van der Waals surface area contributed by atoms with Crippen LogP contribution < -0.4 is 0 Å². The van der Waals surface area contributed by atoms with Crippen molar-refractivity contribution < 1.29 is 1.37 Å². The topological polar surface area (TPSA) is 0 Å². The Morgan fingerprint density at radius 3 is 2.00 bits per heavy atom. The standard InChI is InChI=1S/C5H8/c1-2-5(1)3-4-5/h1-4H2/i1D. The van der Waals surface area contributed by atoms with Crippen molar-refractivity contribution in [3.05, 3.63) is 0 Å². The lowest BCUT2D eigenvalue weighted by Crippen LogP contribution is -1.51. The summed E-state index contributed by atoms with van der Waals surface area (Å²) in [6, 6.07) is 0. The second-order valence-electron chi connectivity index (χ2n) is 2.27. The van der Waals surface area contributed by atoms with E-state index in [-0.39, 0.29) is 0 Å². The van der Waals surface area contributed by atoms with E-state index < -0.39 is 0 Å². The van der Waals surface area contributed by atoms with E-state index in [0.717, 1.165) is 0 Å². The van der Waals surface area contributed by atoms with Gasteiger partial charge in [0.05, 0.1) is 0 Å². The molecule has 0 aromatic carbocycles. The summed E-state index contributed by atoms with van der Waals surface area (Å²) in [6.07, 6.45) is 4.30. The van der Waals surface area contributed by atoms with E-state index in [0.29, 0.717) is 11.8 Å². The van der Waals surface area contributed by atoms with E-state index in [1.165, 1.54) is 19.3 Å². The average molecular weight is 69.1 g/mol. The molecule has 2 rings (SSSR count). The quantitative estimate of drug-likeness (QED) is 0.405. The van der Waals surface area contributed by atoms with Crippen molar-refractivity contribution in [2.75, 3.05) is 0 Å². The van der Waals surface area contributed by atoms with Gasteiger partial charge in [-0.15, -0.1) is 0 Å². The van der Waals surface area contributed by atoms with Crippen LogP contribution in [0.3, 0.4) is 0 Å². The van der Waals surface area contributed by atoms with Gasteiger partial charge in [-0.1, -0.05) is 0 Å². The maximum atomic E-state index is 7.16. The molecule has 0 radical (unpaired) electrons. The Labute approximate surface area is 33.6 Å². The van der Waals surface area contributed by atoms with Crippen molar-refractivity contribution in [2.45, 2.75) is 25.7 Å². The minimum Gasteiger partial charge on any atom is -0.0471 e. The van der Waals surface area contributed by atoms with Crippen molar-refractivity contribution in [3.8, 4) is 0 Å². The SMILES string of the molecule is [2H]C1CC12CC2. The molecule has 0 N–H and O–H groups in total. The third kappa shape index (κ3) is 0.160. The van der Waals surface area contributed by atoms with Crippen molar-refractivity contribution in [2.24, 2.45) is 5.41 Å². The van der Waals surface area contributed by atoms with Crippen LogP contribution in [0.2, 0.25) is 0 Å². The van der Waals surface area contributed by atoms with Gasteiger partial charge in [-0.25, -0.2) is 0 Å². The van der Waals surface area contributed by atoms with Crippen LogP contribution in [-0.4, -0.2) is 0 Å². The Bertz CT molecular complexity index is 83.9. The third-order valence-corrected chi connectivity index (χ3v) is 1.67. The summed E-state index contributed by atoms with van der Waals surface area (Å²) >= 11 is 0. The minimum atomic E-state index is 0.359. The first kappa shape index (κ1) is 1.63. The molecule has 2 saturated carbocycles. The highest BCUT2D eigenvalue weighted by Gasteiger charge is 2.52. The molecule has 0 bridgehead atoms. The highest BCUT2D eigenvalue weighted by atomic mass is 14.6. The van der Waals surface area contributed by atoms with Gasteiger partial charge in [-0.05, 0) is 31.1 Å². The molecule has 1 spiro atoms. The largest absolute Gasteiger partial charge is 0.0471 e. The molecule has 0 heteroatoms. The fraction of sp³-hybridized carbons (Fsp3) is 1.00. The predicted molar refractivity (Wildman–Crippen MR) is 20.9 cm³/mol. The minimum absolute atomic E-state index is 0.359. The van der Waals surface area contributed by atoms with Crippen LogP contribution in [0.5, 0.6) is 0 Å². The molecule has 28 valence electrons. The van der Waals surface area contributed by atoms with Gasteiger partial charge in [0.15, 0.2) is 0 Å². The summed E-state index contributed by atoms with van der Waals surface area (Å²) in [4.78, 5) is 0. The van der Waals surface area contributed by atoms with Gasteiger partial charge in [-0.2, -0.15) is 0 Å². The van der Waals surface area contributed by atoms with Crippen LogP contribution in [0.4, 0.5) is 0 Å².